The zero-order chi connectivity index (χ0) is 17.8. The molecule has 0 saturated carbocycles. The predicted octanol–water partition coefficient (Wildman–Crippen LogP) is 4.33. The molecule has 0 saturated heterocycles. The Hall–Kier alpha value is -2.31. The number of anilines is 1. The first-order chi connectivity index (χ1) is 12.1. The van der Waals surface area contributed by atoms with Crippen molar-refractivity contribution in [2.45, 2.75) is 20.8 Å². The number of likely N-dealkylation sites (N-methyl/N-ethyl adjacent to an activating group) is 1. The number of fused-ring (bicyclic) bond motifs is 1. The summed E-state index contributed by atoms with van der Waals surface area (Å²) in [6.45, 7) is 13.2. The van der Waals surface area contributed by atoms with E-state index >= 15 is 0 Å². The maximum Gasteiger partial charge on any atom is 0.147 e. The first-order valence-electron chi connectivity index (χ1n) is 8.46. The summed E-state index contributed by atoms with van der Waals surface area (Å²) >= 11 is 1.60. The highest BCUT2D eigenvalue weighted by molar-refractivity contribution is 7.14. The third-order valence-electron chi connectivity index (χ3n) is 4.11. The van der Waals surface area contributed by atoms with Gasteiger partial charge in [-0.3, -0.25) is 4.90 Å². The van der Waals surface area contributed by atoms with Crippen LogP contribution in [0.5, 0.6) is 0 Å². The predicted molar refractivity (Wildman–Crippen MR) is 106 cm³/mol. The first kappa shape index (κ1) is 17.5. The summed E-state index contributed by atoms with van der Waals surface area (Å²) in [6, 6.07) is 8.33. The van der Waals surface area contributed by atoms with Crippen LogP contribution in [-0.4, -0.2) is 39.7 Å². The van der Waals surface area contributed by atoms with Crippen molar-refractivity contribution in [3.05, 3.63) is 47.7 Å². The summed E-state index contributed by atoms with van der Waals surface area (Å²) in [5, 5.41) is 15.8. The molecular formula is C19H23N5S. The standard InChI is InChI=1S/C19H23N5S/c1-5-24(6-2)12-13(3)21-18-10-17-9-15(7-8-16(17)11-20-18)19-23-22-14(4)25-19/h7-11H,3,5-6,12H2,1-2,4H3,(H,20,21). The van der Waals surface area contributed by atoms with Gasteiger partial charge in [0.05, 0.1) is 0 Å². The van der Waals surface area contributed by atoms with E-state index in [4.69, 9.17) is 0 Å². The van der Waals surface area contributed by atoms with Crippen LogP contribution >= 0.6 is 11.3 Å². The third-order valence-corrected chi connectivity index (χ3v) is 5.00. The van der Waals surface area contributed by atoms with Crippen LogP contribution in [0.2, 0.25) is 0 Å². The summed E-state index contributed by atoms with van der Waals surface area (Å²) in [7, 11) is 0. The molecule has 0 atom stereocenters. The van der Waals surface area contributed by atoms with Gasteiger partial charge in [-0.05, 0) is 37.5 Å². The van der Waals surface area contributed by atoms with Crippen molar-refractivity contribution >= 4 is 27.9 Å². The largest absolute Gasteiger partial charge is 0.343 e. The van der Waals surface area contributed by atoms with Gasteiger partial charge < -0.3 is 5.32 Å². The molecule has 0 unspecified atom stereocenters. The van der Waals surface area contributed by atoms with Gasteiger partial charge >= 0.3 is 0 Å². The molecule has 1 aromatic carbocycles. The van der Waals surface area contributed by atoms with Crippen molar-refractivity contribution < 1.29 is 0 Å². The molecule has 6 heteroatoms. The fraction of sp³-hybridized carbons (Fsp3) is 0.316. The second-order valence-electron chi connectivity index (χ2n) is 5.95. The molecule has 0 amide bonds. The average Bonchev–Trinajstić information content (AvgIpc) is 3.05. The fourth-order valence-corrected chi connectivity index (χ4v) is 3.38. The lowest BCUT2D eigenvalue weighted by Crippen LogP contribution is -2.27. The van der Waals surface area contributed by atoms with Gasteiger partial charge in [-0.25, -0.2) is 4.98 Å². The highest BCUT2D eigenvalue weighted by Crippen LogP contribution is 2.27. The molecule has 0 aliphatic heterocycles. The lowest BCUT2D eigenvalue weighted by atomic mass is 10.1. The Balaban J connectivity index is 1.82. The van der Waals surface area contributed by atoms with Crippen LogP contribution in [0.4, 0.5) is 5.82 Å². The van der Waals surface area contributed by atoms with Crippen LogP contribution in [-0.2, 0) is 0 Å². The van der Waals surface area contributed by atoms with E-state index in [1.54, 1.807) is 11.3 Å². The van der Waals surface area contributed by atoms with Gasteiger partial charge in [0.1, 0.15) is 15.8 Å². The molecule has 2 heterocycles. The van der Waals surface area contributed by atoms with E-state index in [1.165, 1.54) is 0 Å². The molecule has 0 aliphatic rings. The summed E-state index contributed by atoms with van der Waals surface area (Å²) in [4.78, 5) is 6.81. The SMILES string of the molecule is C=C(CN(CC)CC)Nc1cc2cc(-c3nnc(C)s3)ccc2cn1. The Kier molecular flexibility index (Phi) is 5.40. The molecule has 3 rings (SSSR count). The number of aryl methyl sites for hydroxylation is 1. The Morgan fingerprint density at radius 1 is 1.16 bits per heavy atom. The van der Waals surface area contributed by atoms with Gasteiger partial charge in [-0.15, -0.1) is 10.2 Å². The van der Waals surface area contributed by atoms with Crippen LogP contribution in [0.3, 0.4) is 0 Å². The van der Waals surface area contributed by atoms with Crippen molar-refractivity contribution in [1.82, 2.24) is 20.1 Å². The van der Waals surface area contributed by atoms with Crippen LogP contribution in [0, 0.1) is 6.92 Å². The minimum atomic E-state index is 0.815. The van der Waals surface area contributed by atoms with Gasteiger partial charge in [0.25, 0.3) is 0 Å². The second-order valence-corrected chi connectivity index (χ2v) is 7.13. The van der Waals surface area contributed by atoms with Gasteiger partial charge in [0.2, 0.25) is 0 Å². The van der Waals surface area contributed by atoms with Gasteiger partial charge in [0, 0.05) is 29.4 Å². The van der Waals surface area contributed by atoms with Crippen molar-refractivity contribution in [3.8, 4) is 10.6 Å². The van der Waals surface area contributed by atoms with Crippen molar-refractivity contribution in [1.29, 1.82) is 0 Å². The Morgan fingerprint density at radius 3 is 2.64 bits per heavy atom. The highest BCUT2D eigenvalue weighted by atomic mass is 32.1. The number of hydrogen-bond donors (Lipinski definition) is 1. The minimum Gasteiger partial charge on any atom is -0.343 e. The van der Waals surface area contributed by atoms with Gasteiger partial charge in [-0.2, -0.15) is 0 Å². The number of aromatic nitrogens is 3. The average molecular weight is 353 g/mol. The molecule has 0 radical (unpaired) electrons. The summed E-state index contributed by atoms with van der Waals surface area (Å²) in [5.41, 5.74) is 2.03. The molecular weight excluding hydrogens is 330 g/mol. The number of nitrogens with one attached hydrogen (secondary N) is 1. The van der Waals surface area contributed by atoms with Gasteiger partial charge in [-0.1, -0.05) is 43.9 Å². The molecule has 3 aromatic rings. The summed E-state index contributed by atoms with van der Waals surface area (Å²) in [6.07, 6.45) is 1.89. The third kappa shape index (κ3) is 4.21. The molecule has 25 heavy (non-hydrogen) atoms. The van der Waals surface area contributed by atoms with E-state index in [2.05, 4.69) is 70.1 Å². The number of hydrogen-bond acceptors (Lipinski definition) is 6. The van der Waals surface area contributed by atoms with Crippen LogP contribution in [0.1, 0.15) is 18.9 Å². The van der Waals surface area contributed by atoms with Crippen molar-refractivity contribution in [3.63, 3.8) is 0 Å². The maximum atomic E-state index is 4.50. The Bertz CT molecular complexity index is 882. The number of rotatable bonds is 7. The maximum absolute atomic E-state index is 4.50. The monoisotopic (exact) mass is 353 g/mol. The zero-order valence-electron chi connectivity index (χ0n) is 14.9. The lowest BCUT2D eigenvalue weighted by molar-refractivity contribution is 0.331. The van der Waals surface area contributed by atoms with Crippen molar-refractivity contribution in [2.75, 3.05) is 25.0 Å². The normalized spacial score (nSPS) is 11.2. The van der Waals surface area contributed by atoms with E-state index in [0.29, 0.717) is 0 Å². The van der Waals surface area contributed by atoms with Crippen molar-refractivity contribution in [2.24, 2.45) is 0 Å². The Labute approximate surface area is 152 Å². The zero-order valence-corrected chi connectivity index (χ0v) is 15.7. The fourth-order valence-electron chi connectivity index (χ4n) is 2.69. The minimum absolute atomic E-state index is 0.815. The van der Waals surface area contributed by atoms with E-state index in [1.807, 2.05) is 13.1 Å². The molecule has 0 bridgehead atoms. The van der Waals surface area contributed by atoms with Crippen LogP contribution in [0.15, 0.2) is 42.7 Å². The second kappa shape index (κ2) is 7.72. The summed E-state index contributed by atoms with van der Waals surface area (Å²) in [5.74, 6) is 0.815. The molecule has 2 aromatic heterocycles. The molecule has 0 fully saturated rings. The van der Waals surface area contributed by atoms with E-state index in [9.17, 15) is 0 Å². The number of benzene rings is 1. The Morgan fingerprint density at radius 2 is 1.96 bits per heavy atom. The van der Waals surface area contributed by atoms with Gasteiger partial charge in [0.15, 0.2) is 0 Å². The van der Waals surface area contributed by atoms with E-state index in [0.717, 1.165) is 57.5 Å². The van der Waals surface area contributed by atoms with Crippen LogP contribution < -0.4 is 5.32 Å². The number of pyridine rings is 1. The molecule has 130 valence electrons. The van der Waals surface area contributed by atoms with E-state index in [-0.39, 0.29) is 0 Å². The lowest BCUT2D eigenvalue weighted by Gasteiger charge is -2.20. The summed E-state index contributed by atoms with van der Waals surface area (Å²) < 4.78 is 0. The van der Waals surface area contributed by atoms with E-state index < -0.39 is 0 Å². The highest BCUT2D eigenvalue weighted by Gasteiger charge is 2.07. The first-order valence-corrected chi connectivity index (χ1v) is 9.28. The molecule has 1 N–H and O–H groups in total. The smallest absolute Gasteiger partial charge is 0.147 e. The van der Waals surface area contributed by atoms with Crippen LogP contribution in [0.25, 0.3) is 21.3 Å². The molecule has 0 spiro atoms. The number of nitrogens with zero attached hydrogens (tertiary/aromatic N) is 4. The molecule has 5 nitrogen and oxygen atoms in total. The molecule has 0 aliphatic carbocycles. The topological polar surface area (TPSA) is 53.9 Å². The quantitative estimate of drug-likeness (QED) is 0.685.